The third kappa shape index (κ3) is 2.26. The summed E-state index contributed by atoms with van der Waals surface area (Å²) in [6.45, 7) is 0. The molecule has 2 aromatic rings. The van der Waals surface area contributed by atoms with E-state index in [2.05, 4.69) is 4.98 Å². The van der Waals surface area contributed by atoms with Gasteiger partial charge in [-0.3, -0.25) is 0 Å². The van der Waals surface area contributed by atoms with Crippen LogP contribution in [0, 0.1) is 0 Å². The van der Waals surface area contributed by atoms with Crippen LogP contribution in [0.2, 0.25) is 0 Å². The van der Waals surface area contributed by atoms with Crippen LogP contribution >= 0.6 is 0 Å². The number of carboxylic acids is 1. The van der Waals surface area contributed by atoms with E-state index in [9.17, 15) is 4.79 Å². The van der Waals surface area contributed by atoms with Crippen LogP contribution in [0.4, 0.5) is 0 Å². The summed E-state index contributed by atoms with van der Waals surface area (Å²) in [7, 11) is 0. The summed E-state index contributed by atoms with van der Waals surface area (Å²) in [5.41, 5.74) is 2.50. The largest absolute Gasteiger partial charge is 0.478 e. The molecule has 0 spiro atoms. The Hall–Kier alpha value is -2.03. The zero-order valence-electron chi connectivity index (χ0n) is 8.10. The maximum Gasteiger partial charge on any atom is 0.335 e. The predicted molar refractivity (Wildman–Crippen MR) is 57.0 cm³/mol. The number of carboxylic acid groups (broad SMARTS) is 1. The molecule has 0 radical (unpaired) electrons. The minimum Gasteiger partial charge on any atom is -0.478 e. The normalized spacial score (nSPS) is 10.1. The summed E-state index contributed by atoms with van der Waals surface area (Å²) in [6, 6.07) is 8.98. The Kier molecular flexibility index (Phi) is 2.54. The highest BCUT2D eigenvalue weighted by atomic mass is 16.4. The van der Waals surface area contributed by atoms with E-state index >= 15 is 0 Å². The standard InChI is InChI=1S/C12H11NO2/c14-12(15)11-3-1-2-9(7-11)6-10-4-5-13-8-10/h1-5,7-8,13H,6H2,(H,14,15). The summed E-state index contributed by atoms with van der Waals surface area (Å²) in [4.78, 5) is 13.7. The number of hydrogen-bond donors (Lipinski definition) is 2. The molecule has 0 unspecified atom stereocenters. The number of rotatable bonds is 3. The zero-order chi connectivity index (χ0) is 10.7. The second-order valence-corrected chi connectivity index (χ2v) is 3.40. The number of aromatic amines is 1. The van der Waals surface area contributed by atoms with E-state index in [4.69, 9.17) is 5.11 Å². The maximum atomic E-state index is 10.7. The van der Waals surface area contributed by atoms with Crippen molar-refractivity contribution in [2.45, 2.75) is 6.42 Å². The molecule has 76 valence electrons. The van der Waals surface area contributed by atoms with Gasteiger partial charge in [0.15, 0.2) is 0 Å². The second-order valence-electron chi connectivity index (χ2n) is 3.40. The Labute approximate surface area is 87.4 Å². The molecule has 15 heavy (non-hydrogen) atoms. The molecule has 0 atom stereocenters. The van der Waals surface area contributed by atoms with Crippen molar-refractivity contribution in [3.8, 4) is 0 Å². The van der Waals surface area contributed by atoms with Crippen LogP contribution in [-0.4, -0.2) is 16.1 Å². The zero-order valence-corrected chi connectivity index (χ0v) is 8.10. The number of carbonyl (C=O) groups is 1. The Morgan fingerprint density at radius 2 is 2.13 bits per heavy atom. The van der Waals surface area contributed by atoms with Gasteiger partial charge in [-0.05, 0) is 35.7 Å². The molecular weight excluding hydrogens is 190 g/mol. The Morgan fingerprint density at radius 1 is 1.27 bits per heavy atom. The van der Waals surface area contributed by atoms with Gasteiger partial charge in [0.1, 0.15) is 0 Å². The van der Waals surface area contributed by atoms with Crippen LogP contribution in [0.15, 0.2) is 42.7 Å². The Bertz CT molecular complexity index is 460. The van der Waals surface area contributed by atoms with Crippen molar-refractivity contribution in [2.24, 2.45) is 0 Å². The van der Waals surface area contributed by atoms with Crippen LogP contribution in [0.5, 0.6) is 0 Å². The lowest BCUT2D eigenvalue weighted by Gasteiger charge is -2.00. The van der Waals surface area contributed by atoms with Gasteiger partial charge < -0.3 is 10.1 Å². The molecule has 0 saturated carbocycles. The van der Waals surface area contributed by atoms with Crippen molar-refractivity contribution in [1.82, 2.24) is 4.98 Å². The number of H-pyrrole nitrogens is 1. The fraction of sp³-hybridized carbons (Fsp3) is 0.0833. The third-order valence-corrected chi connectivity index (χ3v) is 2.24. The Morgan fingerprint density at radius 3 is 2.80 bits per heavy atom. The van der Waals surface area contributed by atoms with Crippen molar-refractivity contribution in [2.75, 3.05) is 0 Å². The molecule has 0 fully saturated rings. The molecule has 0 aliphatic rings. The van der Waals surface area contributed by atoms with Crippen LogP contribution in [0.1, 0.15) is 21.5 Å². The first kappa shape index (κ1) is 9.52. The topological polar surface area (TPSA) is 53.1 Å². The van der Waals surface area contributed by atoms with E-state index in [0.29, 0.717) is 5.56 Å². The lowest BCUT2D eigenvalue weighted by molar-refractivity contribution is 0.0697. The average Bonchev–Trinajstić information content (AvgIpc) is 2.71. The van der Waals surface area contributed by atoms with Gasteiger partial charge in [0.05, 0.1) is 5.56 Å². The van der Waals surface area contributed by atoms with E-state index < -0.39 is 5.97 Å². The van der Waals surface area contributed by atoms with E-state index in [1.54, 1.807) is 18.2 Å². The molecular formula is C12H11NO2. The summed E-state index contributed by atoms with van der Waals surface area (Å²) < 4.78 is 0. The van der Waals surface area contributed by atoms with E-state index in [0.717, 1.165) is 17.5 Å². The number of benzene rings is 1. The molecule has 0 amide bonds. The summed E-state index contributed by atoms with van der Waals surface area (Å²) >= 11 is 0. The van der Waals surface area contributed by atoms with Gasteiger partial charge in [-0.15, -0.1) is 0 Å². The molecule has 2 N–H and O–H groups in total. The fourth-order valence-electron chi connectivity index (χ4n) is 1.52. The first-order chi connectivity index (χ1) is 7.25. The quantitative estimate of drug-likeness (QED) is 0.800. The fourth-order valence-corrected chi connectivity index (χ4v) is 1.52. The highest BCUT2D eigenvalue weighted by molar-refractivity contribution is 5.87. The third-order valence-electron chi connectivity index (χ3n) is 2.24. The average molecular weight is 201 g/mol. The molecule has 1 heterocycles. The van der Waals surface area contributed by atoms with Gasteiger partial charge in [0.25, 0.3) is 0 Å². The highest BCUT2D eigenvalue weighted by Crippen LogP contribution is 2.10. The second kappa shape index (κ2) is 4.00. The SMILES string of the molecule is O=C(O)c1cccc(Cc2cc[nH]c2)c1. The first-order valence-electron chi connectivity index (χ1n) is 4.69. The highest BCUT2D eigenvalue weighted by Gasteiger charge is 2.03. The first-order valence-corrected chi connectivity index (χ1v) is 4.69. The lowest BCUT2D eigenvalue weighted by atomic mass is 10.1. The Balaban J connectivity index is 2.22. The van der Waals surface area contributed by atoms with Gasteiger partial charge >= 0.3 is 5.97 Å². The number of aromatic nitrogens is 1. The number of hydrogen-bond acceptors (Lipinski definition) is 1. The summed E-state index contributed by atoms with van der Waals surface area (Å²) in [5.74, 6) is -0.883. The maximum absolute atomic E-state index is 10.7. The molecule has 3 heteroatoms. The minimum atomic E-state index is -0.883. The van der Waals surface area contributed by atoms with Gasteiger partial charge in [-0.2, -0.15) is 0 Å². The molecule has 0 bridgehead atoms. The minimum absolute atomic E-state index is 0.336. The smallest absolute Gasteiger partial charge is 0.335 e. The van der Waals surface area contributed by atoms with Crippen molar-refractivity contribution < 1.29 is 9.90 Å². The molecule has 3 nitrogen and oxygen atoms in total. The van der Waals surface area contributed by atoms with Crippen LogP contribution < -0.4 is 0 Å². The van der Waals surface area contributed by atoms with E-state index in [1.807, 2.05) is 24.5 Å². The van der Waals surface area contributed by atoms with Crippen LogP contribution in [0.3, 0.4) is 0 Å². The monoisotopic (exact) mass is 201 g/mol. The molecule has 0 aliphatic heterocycles. The predicted octanol–water partition coefficient (Wildman–Crippen LogP) is 2.30. The van der Waals surface area contributed by atoms with Crippen molar-refractivity contribution in [3.05, 3.63) is 59.4 Å². The lowest BCUT2D eigenvalue weighted by Crippen LogP contribution is -1.97. The summed E-state index contributed by atoms with van der Waals surface area (Å²) in [5, 5.41) is 8.83. The molecule has 2 rings (SSSR count). The van der Waals surface area contributed by atoms with Crippen molar-refractivity contribution in [1.29, 1.82) is 0 Å². The van der Waals surface area contributed by atoms with Crippen LogP contribution in [0.25, 0.3) is 0 Å². The number of nitrogens with one attached hydrogen (secondary N) is 1. The van der Waals surface area contributed by atoms with Gasteiger partial charge in [0.2, 0.25) is 0 Å². The summed E-state index contributed by atoms with van der Waals surface area (Å²) in [6.07, 6.45) is 4.52. The van der Waals surface area contributed by atoms with Crippen LogP contribution in [-0.2, 0) is 6.42 Å². The molecule has 1 aromatic heterocycles. The molecule has 0 saturated heterocycles. The van der Waals surface area contributed by atoms with Crippen molar-refractivity contribution in [3.63, 3.8) is 0 Å². The van der Waals surface area contributed by atoms with Gasteiger partial charge in [-0.1, -0.05) is 12.1 Å². The molecule has 0 aliphatic carbocycles. The van der Waals surface area contributed by atoms with Gasteiger partial charge in [-0.25, -0.2) is 4.79 Å². The number of aromatic carboxylic acids is 1. The molecule has 1 aromatic carbocycles. The van der Waals surface area contributed by atoms with E-state index in [1.165, 1.54) is 0 Å². The van der Waals surface area contributed by atoms with E-state index in [-0.39, 0.29) is 0 Å². The van der Waals surface area contributed by atoms with Crippen molar-refractivity contribution >= 4 is 5.97 Å². The van der Waals surface area contributed by atoms with Gasteiger partial charge in [0, 0.05) is 12.4 Å².